The lowest BCUT2D eigenvalue weighted by atomic mass is 10.2. The molecule has 0 spiro atoms. The van der Waals surface area contributed by atoms with E-state index in [2.05, 4.69) is 15.0 Å². The highest BCUT2D eigenvalue weighted by Gasteiger charge is 2.35. The van der Waals surface area contributed by atoms with Gasteiger partial charge in [-0.2, -0.15) is 13.2 Å². The number of benzene rings is 1. The summed E-state index contributed by atoms with van der Waals surface area (Å²) in [6, 6.07) is 12.9. The van der Waals surface area contributed by atoms with E-state index in [1.807, 2.05) is 12.1 Å². The highest BCUT2D eigenvalue weighted by atomic mass is 35.5. The maximum atomic E-state index is 13.4. The molecule has 1 aliphatic heterocycles. The van der Waals surface area contributed by atoms with E-state index in [0.717, 1.165) is 11.6 Å². The zero-order chi connectivity index (χ0) is 22.0. The number of carbonyl (C=O) groups is 1. The van der Waals surface area contributed by atoms with Crippen molar-refractivity contribution in [1.82, 2.24) is 19.9 Å². The maximum absolute atomic E-state index is 13.4. The third kappa shape index (κ3) is 4.93. The molecule has 0 aliphatic carbocycles. The van der Waals surface area contributed by atoms with Gasteiger partial charge in [0.1, 0.15) is 11.5 Å². The molecule has 0 radical (unpaired) electrons. The summed E-state index contributed by atoms with van der Waals surface area (Å²) in [5, 5.41) is 0.604. The van der Waals surface area contributed by atoms with Crippen LogP contribution in [0.2, 0.25) is 5.02 Å². The summed E-state index contributed by atoms with van der Waals surface area (Å²) in [6.07, 6.45) is -3.20. The van der Waals surface area contributed by atoms with Gasteiger partial charge in [0.15, 0.2) is 11.5 Å². The predicted molar refractivity (Wildman–Crippen MR) is 109 cm³/mol. The summed E-state index contributed by atoms with van der Waals surface area (Å²) in [7, 11) is 0. The van der Waals surface area contributed by atoms with Gasteiger partial charge in [-0.05, 0) is 29.8 Å². The summed E-state index contributed by atoms with van der Waals surface area (Å²) < 4.78 is 40.3. The van der Waals surface area contributed by atoms with Crippen LogP contribution in [0.5, 0.6) is 0 Å². The van der Waals surface area contributed by atoms with Crippen LogP contribution < -0.4 is 4.90 Å². The van der Waals surface area contributed by atoms with Crippen LogP contribution in [0.15, 0.2) is 54.7 Å². The molecule has 1 aliphatic rings. The highest BCUT2D eigenvalue weighted by Crippen LogP contribution is 2.31. The van der Waals surface area contributed by atoms with Gasteiger partial charge in [-0.15, -0.1) is 0 Å². The van der Waals surface area contributed by atoms with E-state index in [1.54, 1.807) is 29.2 Å². The Bertz CT molecular complexity index is 1080. The summed E-state index contributed by atoms with van der Waals surface area (Å²) >= 11 is 5.89. The van der Waals surface area contributed by atoms with E-state index in [1.165, 1.54) is 17.2 Å². The Morgan fingerprint density at radius 2 is 1.81 bits per heavy atom. The van der Waals surface area contributed by atoms with Crippen LogP contribution in [0.3, 0.4) is 0 Å². The number of halogens is 4. The molecule has 31 heavy (non-hydrogen) atoms. The van der Waals surface area contributed by atoms with Gasteiger partial charge >= 0.3 is 6.18 Å². The quantitative estimate of drug-likeness (QED) is 0.603. The second-order valence-electron chi connectivity index (χ2n) is 7.01. The fraction of sp³-hybridized carbons (Fsp3) is 0.238. The fourth-order valence-electron chi connectivity index (χ4n) is 3.23. The number of rotatable bonds is 4. The molecule has 10 heteroatoms. The standard InChI is InChI=1S/C21H17ClF3N5O/c22-15-6-4-14(5-7-15)12-30-10-9-29(13-19(30)31)18-11-17(21(23,24)25)27-20(28-18)16-3-1-2-8-26-16/h1-8,11H,9-10,12-13H2. The molecule has 4 rings (SSSR count). The molecule has 160 valence electrons. The minimum Gasteiger partial charge on any atom is -0.345 e. The third-order valence-corrected chi connectivity index (χ3v) is 5.08. The topological polar surface area (TPSA) is 62.2 Å². The van der Waals surface area contributed by atoms with Gasteiger partial charge in [0.2, 0.25) is 5.91 Å². The van der Waals surface area contributed by atoms with Gasteiger partial charge in [0, 0.05) is 36.9 Å². The van der Waals surface area contributed by atoms with Crippen molar-refractivity contribution in [3.8, 4) is 11.5 Å². The fourth-order valence-corrected chi connectivity index (χ4v) is 3.36. The number of alkyl halides is 3. The van der Waals surface area contributed by atoms with E-state index in [-0.39, 0.29) is 29.8 Å². The van der Waals surface area contributed by atoms with Gasteiger partial charge in [-0.25, -0.2) is 9.97 Å². The Hall–Kier alpha value is -3.20. The zero-order valence-corrected chi connectivity index (χ0v) is 16.9. The van der Waals surface area contributed by atoms with Crippen molar-refractivity contribution in [2.24, 2.45) is 0 Å². The van der Waals surface area contributed by atoms with Gasteiger partial charge < -0.3 is 9.80 Å². The zero-order valence-electron chi connectivity index (χ0n) is 16.2. The first kappa shape index (κ1) is 21.0. The molecule has 0 saturated carbocycles. The molecule has 6 nitrogen and oxygen atoms in total. The van der Waals surface area contributed by atoms with Gasteiger partial charge in [-0.3, -0.25) is 9.78 Å². The Kier molecular flexibility index (Phi) is 5.77. The molecule has 1 amide bonds. The summed E-state index contributed by atoms with van der Waals surface area (Å²) in [4.78, 5) is 27.8. The molecule has 0 bridgehead atoms. The Morgan fingerprint density at radius 3 is 2.45 bits per heavy atom. The Morgan fingerprint density at radius 1 is 1.03 bits per heavy atom. The van der Waals surface area contributed by atoms with E-state index >= 15 is 0 Å². The average Bonchev–Trinajstić information content (AvgIpc) is 2.76. The molecule has 3 aromatic rings. The van der Waals surface area contributed by atoms with E-state index < -0.39 is 11.9 Å². The van der Waals surface area contributed by atoms with E-state index in [4.69, 9.17) is 11.6 Å². The minimum atomic E-state index is -4.65. The summed E-state index contributed by atoms with van der Waals surface area (Å²) in [5.41, 5.74) is 0.0711. The van der Waals surface area contributed by atoms with E-state index in [0.29, 0.717) is 24.7 Å². The first-order valence-electron chi connectivity index (χ1n) is 9.44. The predicted octanol–water partition coefficient (Wildman–Crippen LogP) is 4.06. The highest BCUT2D eigenvalue weighted by molar-refractivity contribution is 6.30. The molecular formula is C21H17ClF3N5O. The Labute approximate surface area is 181 Å². The summed E-state index contributed by atoms with van der Waals surface area (Å²) in [5.74, 6) is -0.295. The molecule has 3 heterocycles. The van der Waals surface area contributed by atoms with Gasteiger partial charge in [0.25, 0.3) is 0 Å². The number of anilines is 1. The maximum Gasteiger partial charge on any atom is 0.433 e. The first-order chi connectivity index (χ1) is 14.8. The molecule has 0 unspecified atom stereocenters. The van der Waals surface area contributed by atoms with Crippen LogP contribution in [0.25, 0.3) is 11.5 Å². The van der Waals surface area contributed by atoms with Crippen LogP contribution in [-0.2, 0) is 17.5 Å². The smallest absolute Gasteiger partial charge is 0.345 e. The van der Waals surface area contributed by atoms with Crippen molar-refractivity contribution >= 4 is 23.3 Å². The number of amides is 1. The van der Waals surface area contributed by atoms with Crippen LogP contribution in [-0.4, -0.2) is 45.4 Å². The second-order valence-corrected chi connectivity index (χ2v) is 7.45. The van der Waals surface area contributed by atoms with Crippen molar-refractivity contribution in [3.63, 3.8) is 0 Å². The van der Waals surface area contributed by atoms with E-state index in [9.17, 15) is 18.0 Å². The molecule has 0 atom stereocenters. The molecular weight excluding hydrogens is 431 g/mol. The van der Waals surface area contributed by atoms with Crippen molar-refractivity contribution in [1.29, 1.82) is 0 Å². The molecule has 2 aromatic heterocycles. The third-order valence-electron chi connectivity index (χ3n) is 4.83. The average molecular weight is 448 g/mol. The van der Waals surface area contributed by atoms with Crippen LogP contribution in [0, 0.1) is 0 Å². The monoisotopic (exact) mass is 447 g/mol. The van der Waals surface area contributed by atoms with Crippen molar-refractivity contribution in [2.45, 2.75) is 12.7 Å². The van der Waals surface area contributed by atoms with Crippen molar-refractivity contribution < 1.29 is 18.0 Å². The molecule has 1 fully saturated rings. The van der Waals surface area contributed by atoms with Crippen molar-refractivity contribution in [2.75, 3.05) is 24.5 Å². The number of hydrogen-bond acceptors (Lipinski definition) is 5. The van der Waals surface area contributed by atoms with Crippen LogP contribution >= 0.6 is 11.6 Å². The molecule has 1 saturated heterocycles. The van der Waals surface area contributed by atoms with Gasteiger partial charge in [-0.1, -0.05) is 29.8 Å². The van der Waals surface area contributed by atoms with Crippen LogP contribution in [0.1, 0.15) is 11.3 Å². The number of carbonyl (C=O) groups excluding carboxylic acids is 1. The largest absolute Gasteiger partial charge is 0.433 e. The lowest BCUT2D eigenvalue weighted by Gasteiger charge is -2.35. The number of piperazine rings is 1. The SMILES string of the molecule is O=C1CN(c2cc(C(F)(F)F)nc(-c3ccccn3)n2)CCN1Cc1ccc(Cl)cc1. The minimum absolute atomic E-state index is 0.0440. The van der Waals surface area contributed by atoms with Gasteiger partial charge in [0.05, 0.1) is 6.54 Å². The lowest BCUT2D eigenvalue weighted by Crippen LogP contribution is -2.50. The number of nitrogens with zero attached hydrogens (tertiary/aromatic N) is 5. The van der Waals surface area contributed by atoms with Crippen LogP contribution in [0.4, 0.5) is 19.0 Å². The number of hydrogen-bond donors (Lipinski definition) is 0. The number of aromatic nitrogens is 3. The van der Waals surface area contributed by atoms with Crippen molar-refractivity contribution in [3.05, 3.63) is 71.0 Å². The summed E-state index contributed by atoms with van der Waals surface area (Å²) in [6.45, 7) is 1.02. The molecule has 0 N–H and O–H groups in total. The first-order valence-corrected chi connectivity index (χ1v) is 9.82. The Balaban J connectivity index is 1.57. The number of pyridine rings is 1. The lowest BCUT2D eigenvalue weighted by molar-refractivity contribution is -0.141. The normalized spacial score (nSPS) is 14.8. The second kappa shape index (κ2) is 8.50. The molecule has 1 aromatic carbocycles.